The fraction of sp³-hybridized carbons (Fsp3) is 0.538. The highest BCUT2D eigenvalue weighted by molar-refractivity contribution is 5.06. The van der Waals surface area contributed by atoms with Gasteiger partial charge < -0.3 is 5.32 Å². The van der Waals surface area contributed by atoms with E-state index in [1.54, 1.807) is 24.9 Å². The Bertz CT molecular complexity index is 481. The van der Waals surface area contributed by atoms with Gasteiger partial charge in [0.25, 0.3) is 0 Å². The lowest BCUT2D eigenvalue weighted by Gasteiger charge is -2.17. The fourth-order valence-corrected chi connectivity index (χ4v) is 1.98. The van der Waals surface area contributed by atoms with E-state index in [-0.39, 0.29) is 6.04 Å². The summed E-state index contributed by atoms with van der Waals surface area (Å²) >= 11 is 0. The van der Waals surface area contributed by atoms with Crippen LogP contribution in [0.15, 0.2) is 24.9 Å². The van der Waals surface area contributed by atoms with Gasteiger partial charge in [-0.1, -0.05) is 6.92 Å². The number of rotatable bonds is 7. The first kappa shape index (κ1) is 13.6. The Morgan fingerprint density at radius 1 is 1.26 bits per heavy atom. The third-order valence-electron chi connectivity index (χ3n) is 2.96. The van der Waals surface area contributed by atoms with Crippen LogP contribution >= 0.6 is 0 Å². The average molecular weight is 260 g/mol. The Balaban J connectivity index is 2.14. The molecule has 0 saturated carbocycles. The highest BCUT2D eigenvalue weighted by atomic mass is 15.3. The lowest BCUT2D eigenvalue weighted by molar-refractivity contribution is 0.486. The Labute approximate surface area is 113 Å². The summed E-state index contributed by atoms with van der Waals surface area (Å²) in [5, 5.41) is 7.70. The van der Waals surface area contributed by atoms with Gasteiger partial charge in [-0.05, 0) is 19.9 Å². The minimum Gasteiger partial charge on any atom is -0.308 e. The SMILES string of the molecule is CCCNC(Cc1ncnn1CC)c1cnccn1. The molecular weight excluding hydrogens is 240 g/mol. The van der Waals surface area contributed by atoms with Crippen LogP contribution in [0.3, 0.4) is 0 Å². The predicted molar refractivity (Wildman–Crippen MR) is 72.5 cm³/mol. The molecule has 0 fully saturated rings. The second kappa shape index (κ2) is 6.94. The Kier molecular flexibility index (Phi) is 4.97. The summed E-state index contributed by atoms with van der Waals surface area (Å²) in [5.41, 5.74) is 0.946. The zero-order valence-corrected chi connectivity index (χ0v) is 11.5. The van der Waals surface area contributed by atoms with Crippen molar-refractivity contribution in [1.82, 2.24) is 30.0 Å². The molecule has 0 saturated heterocycles. The van der Waals surface area contributed by atoms with E-state index >= 15 is 0 Å². The standard InChI is InChI=1S/C13H20N6/c1-3-5-15-11(12-9-14-6-7-16-12)8-13-17-10-18-19(13)4-2/h6-7,9-11,15H,3-5,8H2,1-2H3. The topological polar surface area (TPSA) is 68.5 Å². The first-order valence-corrected chi connectivity index (χ1v) is 6.71. The molecule has 2 aromatic heterocycles. The van der Waals surface area contributed by atoms with Crippen LogP contribution in [0.25, 0.3) is 0 Å². The maximum Gasteiger partial charge on any atom is 0.138 e. The molecule has 1 unspecified atom stereocenters. The van der Waals surface area contributed by atoms with Crippen molar-refractivity contribution in [3.05, 3.63) is 36.4 Å². The summed E-state index contributed by atoms with van der Waals surface area (Å²) in [6.07, 6.45) is 8.67. The van der Waals surface area contributed by atoms with E-state index in [9.17, 15) is 0 Å². The molecule has 0 aromatic carbocycles. The summed E-state index contributed by atoms with van der Waals surface area (Å²) in [6.45, 7) is 5.99. The van der Waals surface area contributed by atoms with Gasteiger partial charge in [0.05, 0.1) is 11.7 Å². The van der Waals surface area contributed by atoms with Crippen LogP contribution in [0.1, 0.15) is 37.8 Å². The number of hydrogen-bond acceptors (Lipinski definition) is 5. The second-order valence-corrected chi connectivity index (χ2v) is 4.33. The largest absolute Gasteiger partial charge is 0.308 e. The fourth-order valence-electron chi connectivity index (χ4n) is 1.98. The molecule has 6 nitrogen and oxygen atoms in total. The first-order valence-electron chi connectivity index (χ1n) is 6.71. The summed E-state index contributed by atoms with van der Waals surface area (Å²) in [7, 11) is 0. The molecule has 0 aliphatic carbocycles. The van der Waals surface area contributed by atoms with Crippen molar-refractivity contribution in [3.8, 4) is 0 Å². The molecule has 1 atom stereocenters. The van der Waals surface area contributed by atoms with Crippen LogP contribution in [0.5, 0.6) is 0 Å². The average Bonchev–Trinajstić information content (AvgIpc) is 2.91. The summed E-state index contributed by atoms with van der Waals surface area (Å²) in [5.74, 6) is 0.974. The highest BCUT2D eigenvalue weighted by Crippen LogP contribution is 2.14. The first-order chi connectivity index (χ1) is 9.35. The molecular formula is C13H20N6. The highest BCUT2D eigenvalue weighted by Gasteiger charge is 2.16. The molecule has 0 aliphatic heterocycles. The van der Waals surface area contributed by atoms with Gasteiger partial charge in [-0.15, -0.1) is 0 Å². The second-order valence-electron chi connectivity index (χ2n) is 4.33. The summed E-state index contributed by atoms with van der Waals surface area (Å²) in [6, 6.07) is 0.128. The number of hydrogen-bond donors (Lipinski definition) is 1. The van der Waals surface area contributed by atoms with E-state index in [0.717, 1.165) is 37.4 Å². The zero-order valence-electron chi connectivity index (χ0n) is 11.5. The maximum absolute atomic E-state index is 4.39. The van der Waals surface area contributed by atoms with Crippen LogP contribution in [0, 0.1) is 0 Å². The van der Waals surface area contributed by atoms with Gasteiger partial charge in [0.15, 0.2) is 0 Å². The van der Waals surface area contributed by atoms with E-state index in [0.29, 0.717) is 0 Å². The molecule has 0 radical (unpaired) electrons. The van der Waals surface area contributed by atoms with Crippen molar-refractivity contribution in [2.75, 3.05) is 6.54 Å². The Hall–Kier alpha value is -1.82. The van der Waals surface area contributed by atoms with E-state index in [4.69, 9.17) is 0 Å². The molecule has 0 spiro atoms. The van der Waals surface area contributed by atoms with Gasteiger partial charge in [0.1, 0.15) is 12.2 Å². The van der Waals surface area contributed by atoms with Crippen LogP contribution in [0.2, 0.25) is 0 Å². The van der Waals surface area contributed by atoms with Crippen LogP contribution in [-0.4, -0.2) is 31.3 Å². The predicted octanol–water partition coefficient (Wildman–Crippen LogP) is 1.37. The lowest BCUT2D eigenvalue weighted by atomic mass is 10.1. The van der Waals surface area contributed by atoms with E-state index in [1.165, 1.54) is 0 Å². The van der Waals surface area contributed by atoms with Crippen molar-refractivity contribution in [2.24, 2.45) is 0 Å². The summed E-state index contributed by atoms with van der Waals surface area (Å²) < 4.78 is 1.91. The number of aryl methyl sites for hydroxylation is 1. The Morgan fingerprint density at radius 2 is 2.16 bits per heavy atom. The van der Waals surface area contributed by atoms with Crippen molar-refractivity contribution in [2.45, 2.75) is 39.3 Å². The number of nitrogens with one attached hydrogen (secondary N) is 1. The zero-order chi connectivity index (χ0) is 13.5. The lowest BCUT2D eigenvalue weighted by Crippen LogP contribution is -2.26. The molecule has 2 aromatic rings. The van der Waals surface area contributed by atoms with Gasteiger partial charge in [-0.3, -0.25) is 14.6 Å². The van der Waals surface area contributed by atoms with Crippen molar-refractivity contribution < 1.29 is 0 Å². The molecule has 0 amide bonds. The van der Waals surface area contributed by atoms with E-state index in [2.05, 4.69) is 39.2 Å². The van der Waals surface area contributed by atoms with Crippen molar-refractivity contribution in [1.29, 1.82) is 0 Å². The third kappa shape index (κ3) is 3.57. The monoisotopic (exact) mass is 260 g/mol. The van der Waals surface area contributed by atoms with Gasteiger partial charge in [0.2, 0.25) is 0 Å². The minimum atomic E-state index is 0.128. The van der Waals surface area contributed by atoms with Crippen molar-refractivity contribution in [3.63, 3.8) is 0 Å². The van der Waals surface area contributed by atoms with Crippen molar-refractivity contribution >= 4 is 0 Å². The number of aromatic nitrogens is 5. The molecule has 0 bridgehead atoms. The van der Waals surface area contributed by atoms with Gasteiger partial charge >= 0.3 is 0 Å². The van der Waals surface area contributed by atoms with Gasteiger partial charge in [0, 0.05) is 31.6 Å². The normalized spacial score (nSPS) is 12.5. The molecule has 6 heteroatoms. The molecule has 19 heavy (non-hydrogen) atoms. The third-order valence-corrected chi connectivity index (χ3v) is 2.96. The van der Waals surface area contributed by atoms with Gasteiger partial charge in [-0.2, -0.15) is 5.10 Å². The Morgan fingerprint density at radius 3 is 2.84 bits per heavy atom. The molecule has 2 heterocycles. The molecule has 2 rings (SSSR count). The van der Waals surface area contributed by atoms with Gasteiger partial charge in [-0.25, -0.2) is 4.98 Å². The molecule has 1 N–H and O–H groups in total. The quantitative estimate of drug-likeness (QED) is 0.814. The van der Waals surface area contributed by atoms with Crippen LogP contribution in [0.4, 0.5) is 0 Å². The number of nitrogens with zero attached hydrogens (tertiary/aromatic N) is 5. The van der Waals surface area contributed by atoms with Crippen LogP contribution in [-0.2, 0) is 13.0 Å². The molecule has 102 valence electrons. The van der Waals surface area contributed by atoms with Crippen LogP contribution < -0.4 is 5.32 Å². The maximum atomic E-state index is 4.39. The van der Waals surface area contributed by atoms with E-state index in [1.807, 2.05) is 4.68 Å². The summed E-state index contributed by atoms with van der Waals surface area (Å²) in [4.78, 5) is 12.8. The molecule has 0 aliphatic rings. The smallest absolute Gasteiger partial charge is 0.138 e. The minimum absolute atomic E-state index is 0.128. The van der Waals surface area contributed by atoms with E-state index < -0.39 is 0 Å².